The molecule has 1 aromatic carbocycles. The number of hydrogen-bond donors (Lipinski definition) is 3. The fourth-order valence-electron chi connectivity index (χ4n) is 3.72. The molecule has 2 aromatic heterocycles. The van der Waals surface area contributed by atoms with E-state index in [1.807, 2.05) is 13.8 Å². The number of para-hydroxylation sites is 1. The van der Waals surface area contributed by atoms with Crippen molar-refractivity contribution in [3.63, 3.8) is 0 Å². The number of anilines is 2. The van der Waals surface area contributed by atoms with Crippen molar-refractivity contribution in [1.82, 2.24) is 19.5 Å². The molecule has 0 atom stereocenters. The molecule has 11 heteroatoms. The van der Waals surface area contributed by atoms with Crippen LogP contribution in [0.15, 0.2) is 38.6 Å². The van der Waals surface area contributed by atoms with Crippen LogP contribution in [-0.4, -0.2) is 45.7 Å². The zero-order chi connectivity index (χ0) is 24.8. The maximum Gasteiger partial charge on any atom is 0.330 e. The standard InChI is InChI=1S/C23H30N6O5/c1-14(2)13-29-20(24)19(22(32)27-23(29)33)28(11-12-34-3)18(30)10-6-9-17-25-16-8-5-4-7-15(16)21(31)26-17/h4-5,7-8,14H,6,9-13,24H2,1-3H3,(H,25,26,31)(H,27,32,33). The maximum atomic E-state index is 13.1. The van der Waals surface area contributed by atoms with Gasteiger partial charge in [0.1, 0.15) is 11.6 Å². The summed E-state index contributed by atoms with van der Waals surface area (Å²) in [6.45, 7) is 4.38. The smallest absolute Gasteiger partial charge is 0.330 e. The van der Waals surface area contributed by atoms with Crippen molar-refractivity contribution in [2.75, 3.05) is 30.9 Å². The molecular formula is C23H30N6O5. The average molecular weight is 471 g/mol. The van der Waals surface area contributed by atoms with E-state index in [0.29, 0.717) is 36.1 Å². The highest BCUT2D eigenvalue weighted by molar-refractivity contribution is 5.95. The number of aromatic nitrogens is 4. The molecule has 0 fully saturated rings. The molecule has 0 aliphatic heterocycles. The summed E-state index contributed by atoms with van der Waals surface area (Å²) in [5, 5.41) is 0.499. The van der Waals surface area contributed by atoms with Crippen molar-refractivity contribution in [2.45, 2.75) is 39.7 Å². The molecule has 0 unspecified atom stereocenters. The first-order valence-corrected chi connectivity index (χ1v) is 11.1. The van der Waals surface area contributed by atoms with Gasteiger partial charge in [0.2, 0.25) is 5.91 Å². The molecule has 2 heterocycles. The minimum absolute atomic E-state index is 0.0626. The first-order chi connectivity index (χ1) is 16.2. The van der Waals surface area contributed by atoms with Gasteiger partial charge in [-0.05, 0) is 24.5 Å². The van der Waals surface area contributed by atoms with Crippen LogP contribution in [0.1, 0.15) is 32.5 Å². The third-order valence-electron chi connectivity index (χ3n) is 5.32. The van der Waals surface area contributed by atoms with Gasteiger partial charge in [-0.3, -0.25) is 23.9 Å². The number of nitrogens with zero attached hydrogens (tertiary/aromatic N) is 3. The van der Waals surface area contributed by atoms with Crippen molar-refractivity contribution in [3.8, 4) is 0 Å². The predicted octanol–water partition coefficient (Wildman–Crippen LogP) is 1.01. The third kappa shape index (κ3) is 5.60. The molecule has 182 valence electrons. The van der Waals surface area contributed by atoms with Crippen molar-refractivity contribution in [2.24, 2.45) is 5.92 Å². The van der Waals surface area contributed by atoms with Gasteiger partial charge in [0.15, 0.2) is 5.69 Å². The summed E-state index contributed by atoms with van der Waals surface area (Å²) in [7, 11) is 1.48. The van der Waals surface area contributed by atoms with Crippen molar-refractivity contribution in [1.29, 1.82) is 0 Å². The quantitative estimate of drug-likeness (QED) is 0.399. The van der Waals surface area contributed by atoms with Crippen molar-refractivity contribution >= 4 is 28.3 Å². The van der Waals surface area contributed by atoms with E-state index in [1.165, 1.54) is 16.6 Å². The molecule has 0 saturated heterocycles. The summed E-state index contributed by atoms with van der Waals surface area (Å²) in [6.07, 6.45) is 0.818. The normalized spacial score (nSPS) is 11.3. The van der Waals surface area contributed by atoms with Crippen LogP contribution in [0.3, 0.4) is 0 Å². The van der Waals surface area contributed by atoms with Crippen molar-refractivity contribution < 1.29 is 9.53 Å². The van der Waals surface area contributed by atoms with Gasteiger partial charge in [0, 0.05) is 33.0 Å². The van der Waals surface area contributed by atoms with Crippen molar-refractivity contribution in [3.05, 3.63) is 61.3 Å². The Kier molecular flexibility index (Phi) is 8.00. The summed E-state index contributed by atoms with van der Waals surface area (Å²) in [5.41, 5.74) is 5.12. The topological polar surface area (TPSA) is 156 Å². The first-order valence-electron chi connectivity index (χ1n) is 11.1. The summed E-state index contributed by atoms with van der Waals surface area (Å²) in [4.78, 5) is 61.0. The highest BCUT2D eigenvalue weighted by Gasteiger charge is 2.24. The molecule has 11 nitrogen and oxygen atoms in total. The van der Waals surface area contributed by atoms with Crippen LogP contribution < -0.4 is 27.4 Å². The van der Waals surface area contributed by atoms with E-state index in [1.54, 1.807) is 24.3 Å². The van der Waals surface area contributed by atoms with Crippen LogP contribution in [0.25, 0.3) is 10.9 Å². The number of nitrogens with two attached hydrogens (primary N) is 1. The Balaban J connectivity index is 1.82. The number of carbonyl (C=O) groups excluding carboxylic acids is 1. The number of nitrogens with one attached hydrogen (secondary N) is 2. The molecule has 0 aliphatic carbocycles. The SMILES string of the molecule is COCCN(C(=O)CCCc1nc2ccccc2c(=O)[nH]1)c1c(N)n(CC(C)C)c(=O)[nH]c1=O. The van der Waals surface area contributed by atoms with E-state index in [2.05, 4.69) is 15.0 Å². The fraction of sp³-hybridized carbons (Fsp3) is 0.435. The molecule has 1 amide bonds. The molecule has 0 aliphatic rings. The second-order valence-corrected chi connectivity index (χ2v) is 8.42. The van der Waals surface area contributed by atoms with Gasteiger partial charge in [0.25, 0.3) is 11.1 Å². The number of aryl methyl sites for hydroxylation is 1. The van der Waals surface area contributed by atoms with Crippen LogP contribution in [-0.2, 0) is 22.5 Å². The zero-order valence-corrected chi connectivity index (χ0v) is 19.6. The lowest BCUT2D eigenvalue weighted by Gasteiger charge is -2.24. The molecule has 0 bridgehead atoms. The van der Waals surface area contributed by atoms with E-state index in [-0.39, 0.29) is 48.5 Å². The fourth-order valence-corrected chi connectivity index (χ4v) is 3.72. The van der Waals surface area contributed by atoms with Gasteiger partial charge in [-0.2, -0.15) is 0 Å². The van der Waals surface area contributed by atoms with Gasteiger partial charge in [0.05, 0.1) is 17.5 Å². The molecule has 3 rings (SSSR count). The Bertz CT molecular complexity index is 1340. The number of benzene rings is 1. The number of methoxy groups -OCH3 is 1. The second-order valence-electron chi connectivity index (χ2n) is 8.42. The van der Waals surface area contributed by atoms with Gasteiger partial charge < -0.3 is 20.4 Å². The molecule has 3 aromatic rings. The minimum Gasteiger partial charge on any atom is -0.383 e. The number of nitrogen functional groups attached to an aromatic ring is 1. The monoisotopic (exact) mass is 470 g/mol. The van der Waals surface area contributed by atoms with E-state index < -0.39 is 11.2 Å². The van der Waals surface area contributed by atoms with Crippen LogP contribution in [0.4, 0.5) is 11.5 Å². The van der Waals surface area contributed by atoms with Crippen LogP contribution in [0, 0.1) is 5.92 Å². The predicted molar refractivity (Wildman–Crippen MR) is 130 cm³/mol. The highest BCUT2D eigenvalue weighted by atomic mass is 16.5. The summed E-state index contributed by atoms with van der Waals surface area (Å²) in [6, 6.07) is 7.02. The highest BCUT2D eigenvalue weighted by Crippen LogP contribution is 2.19. The van der Waals surface area contributed by atoms with E-state index >= 15 is 0 Å². The summed E-state index contributed by atoms with van der Waals surface area (Å²) < 4.78 is 6.37. The lowest BCUT2D eigenvalue weighted by atomic mass is 10.2. The Morgan fingerprint density at radius 2 is 1.91 bits per heavy atom. The Morgan fingerprint density at radius 1 is 1.18 bits per heavy atom. The number of carbonyl (C=O) groups is 1. The van der Waals surface area contributed by atoms with E-state index in [9.17, 15) is 19.2 Å². The lowest BCUT2D eigenvalue weighted by molar-refractivity contribution is -0.118. The second kappa shape index (κ2) is 10.9. The number of aromatic amines is 2. The van der Waals surface area contributed by atoms with E-state index in [4.69, 9.17) is 10.5 Å². The lowest BCUT2D eigenvalue weighted by Crippen LogP contribution is -2.42. The summed E-state index contributed by atoms with van der Waals surface area (Å²) >= 11 is 0. The molecule has 0 spiro atoms. The van der Waals surface area contributed by atoms with Gasteiger partial charge >= 0.3 is 5.69 Å². The van der Waals surface area contributed by atoms with Gasteiger partial charge in [-0.15, -0.1) is 0 Å². The zero-order valence-electron chi connectivity index (χ0n) is 19.6. The van der Waals surface area contributed by atoms with Gasteiger partial charge in [-0.1, -0.05) is 26.0 Å². The Hall–Kier alpha value is -3.73. The first kappa shape index (κ1) is 24.9. The number of fused-ring (bicyclic) bond motifs is 1. The molecule has 0 radical (unpaired) electrons. The molecule has 0 saturated carbocycles. The van der Waals surface area contributed by atoms with E-state index in [0.717, 1.165) is 0 Å². The molecule has 34 heavy (non-hydrogen) atoms. The number of rotatable bonds is 10. The minimum atomic E-state index is -0.729. The molecule has 4 N–H and O–H groups in total. The average Bonchev–Trinajstić information content (AvgIpc) is 2.78. The number of H-pyrrole nitrogens is 2. The number of ether oxygens (including phenoxy) is 1. The number of hydrogen-bond acceptors (Lipinski definition) is 7. The molecular weight excluding hydrogens is 440 g/mol. The van der Waals surface area contributed by atoms with Crippen LogP contribution in [0.5, 0.6) is 0 Å². The summed E-state index contributed by atoms with van der Waals surface area (Å²) in [5.74, 6) is 0.154. The third-order valence-corrected chi connectivity index (χ3v) is 5.32. The van der Waals surface area contributed by atoms with Crippen LogP contribution >= 0.6 is 0 Å². The Labute approximate surface area is 195 Å². The maximum absolute atomic E-state index is 13.1. The van der Waals surface area contributed by atoms with Gasteiger partial charge in [-0.25, -0.2) is 9.78 Å². The number of amides is 1. The largest absolute Gasteiger partial charge is 0.383 e. The Morgan fingerprint density at radius 3 is 2.62 bits per heavy atom. The van der Waals surface area contributed by atoms with Crippen LogP contribution in [0.2, 0.25) is 0 Å².